The molecule has 9 heteroatoms. The number of aliphatic hydroxyl groups excluding tert-OH is 1. The van der Waals surface area contributed by atoms with Crippen molar-refractivity contribution in [3.8, 4) is 0 Å². The van der Waals surface area contributed by atoms with E-state index in [0.717, 1.165) is 0 Å². The first kappa shape index (κ1) is 14.5. The van der Waals surface area contributed by atoms with E-state index in [-0.39, 0.29) is 40.9 Å². The van der Waals surface area contributed by atoms with Gasteiger partial charge in [0.1, 0.15) is 5.69 Å². The van der Waals surface area contributed by atoms with E-state index in [9.17, 15) is 10.2 Å². The number of nitrogens with two attached hydrogens (primary N) is 1. The van der Waals surface area contributed by atoms with Crippen molar-refractivity contribution in [2.45, 2.75) is 24.7 Å². The Balaban J connectivity index is 2.22. The summed E-state index contributed by atoms with van der Waals surface area (Å²) in [6.45, 7) is -0.123. The van der Waals surface area contributed by atoms with Gasteiger partial charge in [0.2, 0.25) is 5.28 Å². The highest BCUT2D eigenvalue weighted by atomic mass is 35.5. The van der Waals surface area contributed by atoms with Crippen LogP contribution >= 0.6 is 23.2 Å². The maximum Gasteiger partial charge on any atom is 0.225 e. The molecule has 2 unspecified atom stereocenters. The summed E-state index contributed by atoms with van der Waals surface area (Å²) in [6.07, 6.45) is 0.426. The molecule has 0 bridgehead atoms. The van der Waals surface area contributed by atoms with Crippen molar-refractivity contribution < 1.29 is 15.3 Å². The number of aliphatic hydroxyl groups is 3. The number of nitrogens with one attached hydrogen (secondary N) is 1. The Labute approximate surface area is 119 Å². The summed E-state index contributed by atoms with van der Waals surface area (Å²) in [4.78, 5) is 7.53. The average molecular weight is 309 g/mol. The van der Waals surface area contributed by atoms with Crippen LogP contribution in [0.2, 0.25) is 10.4 Å². The maximum absolute atomic E-state index is 9.88. The molecule has 0 aliphatic heterocycles. The molecule has 0 amide bonds. The second-order valence-corrected chi connectivity index (χ2v) is 5.31. The Morgan fingerprint density at radius 1 is 1.37 bits per heavy atom. The smallest absolute Gasteiger partial charge is 0.225 e. The van der Waals surface area contributed by atoms with E-state index >= 15 is 0 Å². The normalized spacial score (nSPS) is 25.5. The Kier molecular flexibility index (Phi) is 4.03. The van der Waals surface area contributed by atoms with Crippen molar-refractivity contribution in [3.05, 3.63) is 10.4 Å². The molecule has 1 aromatic heterocycles. The monoisotopic (exact) mass is 308 g/mol. The number of hydrogen-bond donors (Lipinski definition) is 5. The van der Waals surface area contributed by atoms with Gasteiger partial charge in [0.15, 0.2) is 16.8 Å². The highest BCUT2D eigenvalue weighted by Gasteiger charge is 2.45. The molecular formula is C10H14Cl2N4O3. The predicted molar refractivity (Wildman–Crippen MR) is 70.9 cm³/mol. The molecule has 106 valence electrons. The summed E-state index contributed by atoms with van der Waals surface area (Å²) < 4.78 is 0. The van der Waals surface area contributed by atoms with Gasteiger partial charge in [-0.1, -0.05) is 11.6 Å². The summed E-state index contributed by atoms with van der Waals surface area (Å²) in [5.74, 6) is -2.02. The van der Waals surface area contributed by atoms with E-state index in [4.69, 9.17) is 34.0 Å². The third-order valence-corrected chi connectivity index (χ3v) is 3.61. The molecular weight excluding hydrogens is 295 g/mol. The fourth-order valence-corrected chi connectivity index (χ4v) is 2.56. The van der Waals surface area contributed by atoms with Crippen LogP contribution in [0.4, 0.5) is 11.5 Å². The van der Waals surface area contributed by atoms with Crippen LogP contribution in [0.1, 0.15) is 12.8 Å². The molecule has 2 atom stereocenters. The van der Waals surface area contributed by atoms with Crippen LogP contribution < -0.4 is 11.1 Å². The van der Waals surface area contributed by atoms with Gasteiger partial charge in [-0.15, -0.1) is 0 Å². The molecule has 0 saturated heterocycles. The summed E-state index contributed by atoms with van der Waals surface area (Å²) in [7, 11) is 0. The number of hydrogen-bond acceptors (Lipinski definition) is 7. The topological polar surface area (TPSA) is 125 Å². The Morgan fingerprint density at radius 2 is 2.05 bits per heavy atom. The molecule has 0 aromatic carbocycles. The van der Waals surface area contributed by atoms with Crippen LogP contribution in [-0.2, 0) is 0 Å². The van der Waals surface area contributed by atoms with Crippen molar-refractivity contribution in [1.82, 2.24) is 9.97 Å². The lowest BCUT2D eigenvalue weighted by molar-refractivity contribution is -0.162. The second kappa shape index (κ2) is 5.26. The molecule has 1 saturated carbocycles. The molecule has 7 nitrogen and oxygen atoms in total. The van der Waals surface area contributed by atoms with Crippen molar-refractivity contribution in [2.24, 2.45) is 5.92 Å². The molecule has 6 N–H and O–H groups in total. The third kappa shape index (κ3) is 3.01. The molecule has 1 aromatic rings. The van der Waals surface area contributed by atoms with E-state index in [1.807, 2.05) is 0 Å². The van der Waals surface area contributed by atoms with Crippen LogP contribution in [-0.4, -0.2) is 43.7 Å². The van der Waals surface area contributed by atoms with E-state index in [0.29, 0.717) is 6.42 Å². The van der Waals surface area contributed by atoms with Crippen molar-refractivity contribution in [2.75, 3.05) is 17.7 Å². The van der Waals surface area contributed by atoms with E-state index in [1.54, 1.807) is 0 Å². The minimum Gasteiger partial charge on any atom is -0.396 e. The van der Waals surface area contributed by atoms with Crippen LogP contribution in [0.25, 0.3) is 0 Å². The lowest BCUT2D eigenvalue weighted by Crippen LogP contribution is -2.42. The summed E-state index contributed by atoms with van der Waals surface area (Å²) >= 11 is 11.4. The Morgan fingerprint density at radius 3 is 2.63 bits per heavy atom. The highest BCUT2D eigenvalue weighted by molar-refractivity contribution is 6.34. The Hall–Kier alpha value is -0.860. The first-order chi connectivity index (χ1) is 8.83. The van der Waals surface area contributed by atoms with Gasteiger partial charge in [0.05, 0.1) is 6.04 Å². The molecule has 19 heavy (non-hydrogen) atoms. The van der Waals surface area contributed by atoms with Gasteiger partial charge in [0.25, 0.3) is 0 Å². The number of halogens is 2. The van der Waals surface area contributed by atoms with Gasteiger partial charge >= 0.3 is 0 Å². The quantitative estimate of drug-likeness (QED) is 0.307. The fourth-order valence-electron chi connectivity index (χ4n) is 2.18. The maximum atomic E-state index is 9.88. The molecule has 1 aliphatic rings. The summed E-state index contributed by atoms with van der Waals surface area (Å²) in [5.41, 5.74) is 5.77. The predicted octanol–water partition coefficient (Wildman–Crippen LogP) is 0.229. The van der Waals surface area contributed by atoms with E-state index in [2.05, 4.69) is 15.3 Å². The van der Waals surface area contributed by atoms with Gasteiger partial charge in [-0.05, 0) is 23.9 Å². The lowest BCUT2D eigenvalue weighted by atomic mass is 10.1. The largest absolute Gasteiger partial charge is 0.396 e. The van der Waals surface area contributed by atoms with Crippen LogP contribution in [0.3, 0.4) is 0 Å². The van der Waals surface area contributed by atoms with Crippen LogP contribution in [0.5, 0.6) is 0 Å². The third-order valence-electron chi connectivity index (χ3n) is 3.16. The number of nitrogens with zero attached hydrogens (tertiary/aromatic N) is 2. The highest BCUT2D eigenvalue weighted by Crippen LogP contribution is 2.36. The average Bonchev–Trinajstić information content (AvgIpc) is 2.60. The van der Waals surface area contributed by atoms with Gasteiger partial charge in [0, 0.05) is 13.0 Å². The molecule has 1 fully saturated rings. The molecule has 0 spiro atoms. The van der Waals surface area contributed by atoms with Gasteiger partial charge in [-0.2, -0.15) is 4.98 Å². The number of nitrogen functional groups attached to an aromatic ring is 1. The second-order valence-electron chi connectivity index (χ2n) is 4.61. The van der Waals surface area contributed by atoms with Gasteiger partial charge in [-0.3, -0.25) is 0 Å². The first-order valence-electron chi connectivity index (χ1n) is 5.64. The minimum absolute atomic E-state index is 0.0133. The molecule has 2 rings (SSSR count). The number of aromatic nitrogens is 2. The molecule has 0 radical (unpaired) electrons. The number of anilines is 2. The van der Waals surface area contributed by atoms with E-state index in [1.165, 1.54) is 0 Å². The standard InChI is InChI=1S/C10H14Cl2N4O3/c11-7-6(13)8(16-9(12)15-7)14-5-1-4(3-17)2-10(5,18)19/h4-5,17-19H,1-3,13H2,(H,14,15,16). The zero-order valence-electron chi connectivity index (χ0n) is 9.85. The van der Waals surface area contributed by atoms with Crippen molar-refractivity contribution in [1.29, 1.82) is 0 Å². The minimum atomic E-state index is -1.95. The molecule has 1 heterocycles. The van der Waals surface area contributed by atoms with E-state index < -0.39 is 11.8 Å². The SMILES string of the molecule is Nc1c(Cl)nc(Cl)nc1NC1CC(CO)CC1(O)O. The van der Waals surface area contributed by atoms with Crippen molar-refractivity contribution >= 4 is 34.7 Å². The molecule has 1 aliphatic carbocycles. The zero-order chi connectivity index (χ0) is 14.2. The number of rotatable bonds is 3. The fraction of sp³-hybridized carbons (Fsp3) is 0.600. The Bertz CT molecular complexity index is 486. The summed E-state index contributed by atoms with van der Waals surface area (Å²) in [5, 5.41) is 31.5. The van der Waals surface area contributed by atoms with Crippen LogP contribution in [0, 0.1) is 5.92 Å². The van der Waals surface area contributed by atoms with Crippen molar-refractivity contribution in [3.63, 3.8) is 0 Å². The lowest BCUT2D eigenvalue weighted by Gasteiger charge is -2.25. The van der Waals surface area contributed by atoms with Crippen LogP contribution in [0.15, 0.2) is 0 Å². The first-order valence-corrected chi connectivity index (χ1v) is 6.39. The summed E-state index contributed by atoms with van der Waals surface area (Å²) in [6, 6.07) is -0.728. The van der Waals surface area contributed by atoms with Gasteiger partial charge < -0.3 is 26.4 Å². The zero-order valence-corrected chi connectivity index (χ0v) is 11.4. The van der Waals surface area contributed by atoms with Gasteiger partial charge in [-0.25, -0.2) is 4.98 Å².